The van der Waals surface area contributed by atoms with Crippen molar-refractivity contribution in [3.63, 3.8) is 0 Å². The molecule has 1 aliphatic carbocycles. The molecule has 0 radical (unpaired) electrons. The Morgan fingerprint density at radius 2 is 1.44 bits per heavy atom. The van der Waals surface area contributed by atoms with E-state index in [0.717, 1.165) is 51.1 Å². The lowest BCUT2D eigenvalue weighted by Crippen LogP contribution is -2.39. The third-order valence-corrected chi connectivity index (χ3v) is 14.1. The van der Waals surface area contributed by atoms with E-state index in [4.69, 9.17) is 16.3 Å². The number of esters is 1. The number of carbonyl (C=O) groups excluding carboxylic acids is 1. The average Bonchev–Trinajstić information content (AvgIpc) is 3.57. The summed E-state index contributed by atoms with van der Waals surface area (Å²) in [6.45, 7) is 15.7. The molecule has 0 aromatic heterocycles. The quantitative estimate of drug-likeness (QED) is 0.152. The van der Waals surface area contributed by atoms with Crippen molar-refractivity contribution in [1.29, 1.82) is 0 Å². The van der Waals surface area contributed by atoms with Crippen molar-refractivity contribution in [2.75, 3.05) is 30.0 Å². The molecule has 0 spiro atoms. The van der Waals surface area contributed by atoms with Crippen LogP contribution in [0, 0.1) is 0 Å². The van der Waals surface area contributed by atoms with Crippen molar-refractivity contribution < 1.29 is 9.53 Å². The summed E-state index contributed by atoms with van der Waals surface area (Å²) in [5.41, 5.74) is 10.2. The number of halogens is 3. The van der Waals surface area contributed by atoms with Gasteiger partial charge in [0, 0.05) is 55.0 Å². The molecule has 7 heteroatoms. The van der Waals surface area contributed by atoms with E-state index in [-0.39, 0.29) is 28.8 Å². The molecule has 292 valence electrons. The number of benzene rings is 5. The lowest BCUT2D eigenvalue weighted by molar-refractivity contribution is 0.0600. The first-order valence-electron chi connectivity index (χ1n) is 19.9. The van der Waals surface area contributed by atoms with Crippen LogP contribution in [0.2, 0.25) is 0 Å². The predicted molar refractivity (Wildman–Crippen MR) is 247 cm³/mol. The van der Waals surface area contributed by atoms with Crippen LogP contribution in [0.3, 0.4) is 0 Å². The van der Waals surface area contributed by atoms with Gasteiger partial charge in [-0.1, -0.05) is 126 Å². The van der Waals surface area contributed by atoms with Crippen LogP contribution >= 0.6 is 43.5 Å². The van der Waals surface area contributed by atoms with E-state index in [1.165, 1.54) is 62.4 Å². The molecule has 57 heavy (non-hydrogen) atoms. The zero-order chi connectivity index (χ0) is 40.4. The van der Waals surface area contributed by atoms with Gasteiger partial charge in [0.05, 0.1) is 18.7 Å². The fourth-order valence-corrected chi connectivity index (χ4v) is 11.0. The Morgan fingerprint density at radius 3 is 2.05 bits per heavy atom. The Bertz CT molecular complexity index is 2560. The predicted octanol–water partition coefficient (Wildman–Crippen LogP) is 14.0. The third kappa shape index (κ3) is 6.80. The van der Waals surface area contributed by atoms with Crippen molar-refractivity contribution in [2.45, 2.75) is 77.2 Å². The molecule has 0 N–H and O–H groups in total. The van der Waals surface area contributed by atoms with E-state index in [1.54, 1.807) is 0 Å². The molecule has 3 aliphatic rings. The summed E-state index contributed by atoms with van der Waals surface area (Å²) < 4.78 is 7.18. The Balaban J connectivity index is 1.21. The molecule has 8 rings (SSSR count). The lowest BCUT2D eigenvalue weighted by Gasteiger charge is -2.32. The van der Waals surface area contributed by atoms with Crippen LogP contribution in [-0.4, -0.2) is 32.2 Å². The van der Waals surface area contributed by atoms with Gasteiger partial charge in [-0.15, -0.1) is 0 Å². The first-order valence-corrected chi connectivity index (χ1v) is 21.9. The highest BCUT2D eigenvalue weighted by Gasteiger charge is 2.44. The zero-order valence-corrected chi connectivity index (χ0v) is 37.6. The fraction of sp³-hybridized carbons (Fsp3) is 0.300. The molecule has 5 aromatic rings. The molecular weight excluding hydrogens is 856 g/mol. The normalized spacial score (nSPS) is 21.4. The van der Waals surface area contributed by atoms with Crippen LogP contribution in [0.1, 0.15) is 87.4 Å². The second kappa shape index (κ2) is 15.3. The Kier molecular flexibility index (Phi) is 10.6. The number of nitrogens with zero attached hydrogens (tertiary/aromatic N) is 2. The van der Waals surface area contributed by atoms with Crippen LogP contribution in [0.15, 0.2) is 140 Å². The molecule has 0 saturated carbocycles. The van der Waals surface area contributed by atoms with Crippen LogP contribution in [0.5, 0.6) is 0 Å². The van der Waals surface area contributed by atoms with Gasteiger partial charge < -0.3 is 14.5 Å². The molecule has 4 nitrogen and oxygen atoms in total. The second-order valence-corrected chi connectivity index (χ2v) is 18.8. The van der Waals surface area contributed by atoms with E-state index >= 15 is 0 Å². The maximum absolute atomic E-state index is 12.3. The topological polar surface area (TPSA) is 32.8 Å². The third-order valence-electron chi connectivity index (χ3n) is 12.7. The summed E-state index contributed by atoms with van der Waals surface area (Å²) in [6.07, 6.45) is 10.9. The molecule has 0 amide bonds. The monoisotopic (exact) mass is 902 g/mol. The van der Waals surface area contributed by atoms with Crippen molar-refractivity contribution >= 4 is 82.3 Å². The summed E-state index contributed by atoms with van der Waals surface area (Å²) in [4.78, 5) is 17.3. The van der Waals surface area contributed by atoms with E-state index < -0.39 is 0 Å². The maximum atomic E-state index is 12.3. The first-order chi connectivity index (χ1) is 27.3. The molecule has 2 aliphatic heterocycles. The highest BCUT2D eigenvalue weighted by molar-refractivity contribution is 9.10. The summed E-state index contributed by atoms with van der Waals surface area (Å²) >= 11 is 14.9. The molecular formula is C50H49Br2ClN2O2. The number of rotatable bonds is 7. The standard InChI is InChI=1S/C50H49Br2ClN2O2/c1-8-54-41-22-14-32-28-37(51)18-20-39(32)45(41)49(3,4)43(54)24-16-34-26-36(30-10-12-31(13-11-30)48(56)57-7)27-35(47(34)53)17-25-44-50(5,6)46-40-21-19-38(52)29-33(40)15-23-42(46)55(44)9-2/h10-25,28-29,36,43H,8-9,26-27H2,1-7H3/b24-16+,35-17+,44-25+. The van der Waals surface area contributed by atoms with Crippen molar-refractivity contribution in [3.8, 4) is 0 Å². The van der Waals surface area contributed by atoms with Crippen LogP contribution < -0.4 is 9.80 Å². The highest BCUT2D eigenvalue weighted by atomic mass is 79.9. The molecule has 5 aromatic carbocycles. The van der Waals surface area contributed by atoms with Gasteiger partial charge in [-0.2, -0.15) is 0 Å². The number of allylic oxidation sites excluding steroid dienone is 7. The molecule has 0 saturated heterocycles. The van der Waals surface area contributed by atoms with Gasteiger partial charge in [0.15, 0.2) is 0 Å². The minimum absolute atomic E-state index is 0.143. The van der Waals surface area contributed by atoms with Gasteiger partial charge in [0.2, 0.25) is 0 Å². The molecule has 2 unspecified atom stereocenters. The fourth-order valence-electron chi connectivity index (χ4n) is 9.91. The number of likely N-dealkylation sites (N-methyl/N-ethyl adjacent to an activating group) is 2. The van der Waals surface area contributed by atoms with Crippen molar-refractivity contribution in [1.82, 2.24) is 0 Å². The van der Waals surface area contributed by atoms with Crippen molar-refractivity contribution in [3.05, 3.63) is 162 Å². The van der Waals surface area contributed by atoms with Gasteiger partial charge in [-0.25, -0.2) is 4.79 Å². The van der Waals surface area contributed by atoms with Gasteiger partial charge >= 0.3 is 5.97 Å². The van der Waals surface area contributed by atoms with Crippen LogP contribution in [-0.2, 0) is 15.6 Å². The summed E-state index contributed by atoms with van der Waals surface area (Å²) in [7, 11) is 1.42. The van der Waals surface area contributed by atoms with Gasteiger partial charge in [-0.3, -0.25) is 0 Å². The Labute approximate surface area is 359 Å². The van der Waals surface area contributed by atoms with Gasteiger partial charge in [-0.05, 0) is 137 Å². The largest absolute Gasteiger partial charge is 0.465 e. The minimum Gasteiger partial charge on any atom is -0.465 e. The maximum Gasteiger partial charge on any atom is 0.337 e. The number of fused-ring (bicyclic) bond motifs is 6. The second-order valence-electron chi connectivity index (χ2n) is 16.6. The number of carbonyl (C=O) groups is 1. The molecule has 2 heterocycles. The van der Waals surface area contributed by atoms with Gasteiger partial charge in [0.25, 0.3) is 0 Å². The van der Waals surface area contributed by atoms with Crippen LogP contribution in [0.4, 0.5) is 11.4 Å². The minimum atomic E-state index is -0.328. The summed E-state index contributed by atoms with van der Waals surface area (Å²) in [5, 5.41) is 5.89. The average molecular weight is 905 g/mol. The van der Waals surface area contributed by atoms with Crippen LogP contribution in [0.25, 0.3) is 21.5 Å². The Hall–Kier alpha value is -4.10. The number of anilines is 2. The van der Waals surface area contributed by atoms with E-state index in [9.17, 15) is 4.79 Å². The number of hydrogen-bond donors (Lipinski definition) is 0. The van der Waals surface area contributed by atoms with Gasteiger partial charge in [0.1, 0.15) is 0 Å². The number of hydrogen-bond acceptors (Lipinski definition) is 4. The smallest absolute Gasteiger partial charge is 0.337 e. The number of ether oxygens (including phenoxy) is 1. The summed E-state index contributed by atoms with van der Waals surface area (Å²) in [5.74, 6) is -0.147. The zero-order valence-electron chi connectivity index (χ0n) is 33.7. The van der Waals surface area contributed by atoms with Crippen molar-refractivity contribution in [2.24, 2.45) is 0 Å². The Morgan fingerprint density at radius 1 is 0.807 bits per heavy atom. The highest BCUT2D eigenvalue weighted by Crippen LogP contribution is 2.52. The SMILES string of the molecule is CCN1/C(=C/C=C2\CC(c3ccc(C(=O)OC)cc3)CC(/C=C/C3N(CC)c4ccc5cc(Br)ccc5c4C3(C)C)=C2Cl)C(C)(C)c2c1ccc1cc(Br)ccc21. The molecule has 0 fully saturated rings. The van der Waals surface area contributed by atoms with E-state index in [0.29, 0.717) is 5.56 Å². The van der Waals surface area contributed by atoms with E-state index in [2.05, 4.69) is 180 Å². The summed E-state index contributed by atoms with van der Waals surface area (Å²) in [6, 6.07) is 30.3. The first kappa shape index (κ1) is 39.7. The molecule has 0 bridgehead atoms. The molecule has 2 atom stereocenters. The lowest BCUT2D eigenvalue weighted by atomic mass is 9.77. The number of methoxy groups -OCH3 is 1. The van der Waals surface area contributed by atoms with E-state index in [1.807, 2.05) is 12.1 Å².